The molecule has 2 rings (SSSR count). The first-order valence-electron chi connectivity index (χ1n) is 5.94. The molecule has 2 aromatic rings. The van der Waals surface area contributed by atoms with Gasteiger partial charge >= 0.3 is 0 Å². The predicted octanol–water partition coefficient (Wildman–Crippen LogP) is 0.264. The molecule has 6 nitrogen and oxygen atoms in total. The van der Waals surface area contributed by atoms with Crippen molar-refractivity contribution in [2.45, 2.75) is 19.6 Å². The van der Waals surface area contributed by atoms with Crippen LogP contribution in [0.5, 0.6) is 0 Å². The summed E-state index contributed by atoms with van der Waals surface area (Å²) in [5, 5.41) is 7.97. The van der Waals surface area contributed by atoms with Crippen LogP contribution in [0.15, 0.2) is 30.7 Å². The summed E-state index contributed by atoms with van der Waals surface area (Å²) < 4.78 is 1.82. The van der Waals surface area contributed by atoms with Crippen LogP contribution < -0.4 is 5.73 Å². The van der Waals surface area contributed by atoms with Gasteiger partial charge in [-0.05, 0) is 18.7 Å². The summed E-state index contributed by atoms with van der Waals surface area (Å²) in [5.41, 5.74) is 7.52. The number of aromatic nitrogens is 4. The highest BCUT2D eigenvalue weighted by atomic mass is 15.4. The van der Waals surface area contributed by atoms with E-state index in [1.165, 1.54) is 5.56 Å². The van der Waals surface area contributed by atoms with E-state index in [1.54, 1.807) is 6.20 Å². The number of hydrogen-bond acceptors (Lipinski definition) is 5. The van der Waals surface area contributed by atoms with Gasteiger partial charge in [0.1, 0.15) is 0 Å². The van der Waals surface area contributed by atoms with Crippen molar-refractivity contribution in [3.8, 4) is 0 Å². The summed E-state index contributed by atoms with van der Waals surface area (Å²) in [4.78, 5) is 6.33. The van der Waals surface area contributed by atoms with Gasteiger partial charge in [-0.1, -0.05) is 11.3 Å². The van der Waals surface area contributed by atoms with Crippen LogP contribution in [0, 0.1) is 0 Å². The van der Waals surface area contributed by atoms with Gasteiger partial charge in [-0.25, -0.2) is 0 Å². The smallest absolute Gasteiger partial charge is 0.0962 e. The van der Waals surface area contributed by atoms with Crippen LogP contribution in [0.25, 0.3) is 0 Å². The third kappa shape index (κ3) is 3.61. The first-order valence-corrected chi connectivity index (χ1v) is 5.94. The molecule has 0 saturated carbocycles. The highest BCUT2D eigenvalue weighted by Crippen LogP contribution is 2.01. The van der Waals surface area contributed by atoms with Crippen LogP contribution in [-0.4, -0.2) is 38.5 Å². The number of rotatable bonds is 6. The average Bonchev–Trinajstić information content (AvgIpc) is 2.85. The third-order valence-electron chi connectivity index (χ3n) is 2.68. The van der Waals surface area contributed by atoms with E-state index in [-0.39, 0.29) is 0 Å². The maximum atomic E-state index is 5.49. The Morgan fingerprint density at radius 2 is 2.33 bits per heavy atom. The zero-order valence-electron chi connectivity index (χ0n) is 10.5. The minimum atomic E-state index is 0.436. The average molecular weight is 246 g/mol. The minimum absolute atomic E-state index is 0.436. The highest BCUT2D eigenvalue weighted by molar-refractivity contribution is 5.07. The molecule has 0 aliphatic rings. The van der Waals surface area contributed by atoms with E-state index in [0.29, 0.717) is 6.54 Å². The van der Waals surface area contributed by atoms with Gasteiger partial charge in [-0.2, -0.15) is 0 Å². The molecule has 18 heavy (non-hydrogen) atoms. The van der Waals surface area contributed by atoms with Crippen molar-refractivity contribution in [3.05, 3.63) is 42.0 Å². The second-order valence-corrected chi connectivity index (χ2v) is 4.28. The lowest BCUT2D eigenvalue weighted by Crippen LogP contribution is -2.23. The molecular formula is C12H18N6. The number of hydrogen-bond donors (Lipinski definition) is 1. The van der Waals surface area contributed by atoms with Gasteiger partial charge in [0.2, 0.25) is 0 Å². The zero-order valence-corrected chi connectivity index (χ0v) is 10.5. The Morgan fingerprint density at radius 3 is 3.00 bits per heavy atom. The molecule has 0 unspecified atom stereocenters. The Hall–Kier alpha value is -1.79. The van der Waals surface area contributed by atoms with Crippen molar-refractivity contribution < 1.29 is 0 Å². The summed E-state index contributed by atoms with van der Waals surface area (Å²) >= 11 is 0. The second-order valence-electron chi connectivity index (χ2n) is 4.28. The fraction of sp³-hybridized carbons (Fsp3) is 0.417. The topological polar surface area (TPSA) is 72.9 Å². The molecule has 0 aliphatic heterocycles. The van der Waals surface area contributed by atoms with Gasteiger partial charge in [0.25, 0.3) is 0 Å². The fourth-order valence-electron chi connectivity index (χ4n) is 1.70. The molecule has 0 saturated heterocycles. The predicted molar refractivity (Wildman–Crippen MR) is 68.5 cm³/mol. The number of pyridine rings is 1. The SMILES string of the molecule is CN(CCn1cc(CN)nn1)Cc1cccnc1. The van der Waals surface area contributed by atoms with Gasteiger partial charge in [-0.15, -0.1) is 5.10 Å². The molecule has 0 atom stereocenters. The van der Waals surface area contributed by atoms with E-state index in [4.69, 9.17) is 5.73 Å². The molecule has 2 heterocycles. The molecule has 0 fully saturated rings. The van der Waals surface area contributed by atoms with Crippen LogP contribution in [0.4, 0.5) is 0 Å². The van der Waals surface area contributed by atoms with Gasteiger partial charge in [0.15, 0.2) is 0 Å². The normalized spacial score (nSPS) is 11.1. The molecular weight excluding hydrogens is 228 g/mol. The summed E-state index contributed by atoms with van der Waals surface area (Å²) in [6, 6.07) is 4.03. The Bertz CT molecular complexity index is 466. The van der Waals surface area contributed by atoms with Crippen LogP contribution in [0.2, 0.25) is 0 Å². The minimum Gasteiger partial charge on any atom is -0.325 e. The lowest BCUT2D eigenvalue weighted by Gasteiger charge is -2.15. The summed E-state index contributed by atoms with van der Waals surface area (Å²) in [7, 11) is 2.08. The largest absolute Gasteiger partial charge is 0.325 e. The van der Waals surface area contributed by atoms with Gasteiger partial charge in [-0.3, -0.25) is 9.67 Å². The third-order valence-corrected chi connectivity index (χ3v) is 2.68. The molecule has 2 N–H and O–H groups in total. The van der Waals surface area contributed by atoms with Crippen molar-refractivity contribution in [2.24, 2.45) is 5.73 Å². The Kier molecular flexibility index (Phi) is 4.38. The Morgan fingerprint density at radius 1 is 1.44 bits per heavy atom. The summed E-state index contributed by atoms with van der Waals surface area (Å²) in [5.74, 6) is 0. The van der Waals surface area contributed by atoms with E-state index in [2.05, 4.69) is 33.3 Å². The highest BCUT2D eigenvalue weighted by Gasteiger charge is 2.02. The van der Waals surface area contributed by atoms with E-state index in [0.717, 1.165) is 25.3 Å². The molecule has 0 amide bonds. The first kappa shape index (κ1) is 12.7. The fourth-order valence-corrected chi connectivity index (χ4v) is 1.70. The molecule has 0 spiro atoms. The van der Waals surface area contributed by atoms with Gasteiger partial charge < -0.3 is 10.6 Å². The lowest BCUT2D eigenvalue weighted by molar-refractivity contribution is 0.303. The van der Waals surface area contributed by atoms with Gasteiger partial charge in [0.05, 0.1) is 12.2 Å². The summed E-state index contributed by atoms with van der Waals surface area (Å²) in [6.07, 6.45) is 5.56. The van der Waals surface area contributed by atoms with E-state index in [1.807, 2.05) is 23.1 Å². The summed E-state index contributed by atoms with van der Waals surface area (Å²) in [6.45, 7) is 3.03. The maximum absolute atomic E-state index is 5.49. The second kappa shape index (κ2) is 6.23. The maximum Gasteiger partial charge on any atom is 0.0962 e. The Balaban J connectivity index is 1.79. The molecule has 0 bridgehead atoms. The van der Waals surface area contributed by atoms with Crippen molar-refractivity contribution in [3.63, 3.8) is 0 Å². The number of nitrogens with two attached hydrogens (primary N) is 1. The standard InChI is InChI=1S/C12H18N6/c1-17(9-11-3-2-4-14-8-11)5-6-18-10-12(7-13)15-16-18/h2-4,8,10H,5-7,9,13H2,1H3. The zero-order chi connectivity index (χ0) is 12.8. The van der Waals surface area contributed by atoms with Crippen molar-refractivity contribution in [1.82, 2.24) is 24.9 Å². The Labute approximate surface area is 106 Å². The van der Waals surface area contributed by atoms with E-state index >= 15 is 0 Å². The quantitative estimate of drug-likeness (QED) is 0.791. The molecule has 0 aromatic carbocycles. The van der Waals surface area contributed by atoms with Crippen LogP contribution >= 0.6 is 0 Å². The van der Waals surface area contributed by atoms with Crippen LogP contribution in [-0.2, 0) is 19.6 Å². The van der Waals surface area contributed by atoms with E-state index < -0.39 is 0 Å². The number of nitrogens with zero attached hydrogens (tertiary/aromatic N) is 5. The molecule has 2 aromatic heterocycles. The number of likely N-dealkylation sites (N-methyl/N-ethyl adjacent to an activating group) is 1. The van der Waals surface area contributed by atoms with Crippen molar-refractivity contribution >= 4 is 0 Å². The van der Waals surface area contributed by atoms with Crippen LogP contribution in [0.1, 0.15) is 11.3 Å². The molecule has 6 heteroatoms. The lowest BCUT2D eigenvalue weighted by atomic mass is 10.3. The molecule has 96 valence electrons. The van der Waals surface area contributed by atoms with Gasteiger partial charge in [0, 0.05) is 38.2 Å². The van der Waals surface area contributed by atoms with Crippen LogP contribution in [0.3, 0.4) is 0 Å². The van der Waals surface area contributed by atoms with Crippen molar-refractivity contribution in [2.75, 3.05) is 13.6 Å². The first-order chi connectivity index (χ1) is 8.78. The van der Waals surface area contributed by atoms with Crippen molar-refractivity contribution in [1.29, 1.82) is 0 Å². The molecule has 0 radical (unpaired) electrons. The molecule has 0 aliphatic carbocycles. The monoisotopic (exact) mass is 246 g/mol. The van der Waals surface area contributed by atoms with E-state index in [9.17, 15) is 0 Å².